The molecular weight excluding hydrogens is 306 g/mol. The maximum atomic E-state index is 4.55. The van der Waals surface area contributed by atoms with Gasteiger partial charge < -0.3 is 9.88 Å². The van der Waals surface area contributed by atoms with Crippen molar-refractivity contribution >= 4 is 0 Å². The molecule has 0 unspecified atom stereocenters. The van der Waals surface area contributed by atoms with E-state index in [0.29, 0.717) is 12.0 Å². The third kappa shape index (κ3) is 3.99. The summed E-state index contributed by atoms with van der Waals surface area (Å²) in [5.41, 5.74) is 2.80. The van der Waals surface area contributed by atoms with Crippen LogP contribution in [-0.2, 0) is 13.1 Å². The Kier molecular flexibility index (Phi) is 4.93. The molecule has 2 aromatic carbocycles. The normalized spacial score (nSPS) is 20.0. The lowest BCUT2D eigenvalue weighted by molar-refractivity contribution is 0.498. The van der Waals surface area contributed by atoms with E-state index in [4.69, 9.17) is 0 Å². The van der Waals surface area contributed by atoms with E-state index in [-0.39, 0.29) is 0 Å². The summed E-state index contributed by atoms with van der Waals surface area (Å²) in [6, 6.07) is 22.1. The van der Waals surface area contributed by atoms with Crippen LogP contribution in [0, 0.1) is 0 Å². The number of aromatic nitrogens is 2. The Hall–Kier alpha value is -2.39. The molecule has 3 nitrogen and oxygen atoms in total. The highest BCUT2D eigenvalue weighted by molar-refractivity contribution is 5.21. The van der Waals surface area contributed by atoms with E-state index in [2.05, 4.69) is 81.7 Å². The van der Waals surface area contributed by atoms with Crippen LogP contribution >= 0.6 is 0 Å². The molecule has 4 rings (SSSR count). The summed E-state index contributed by atoms with van der Waals surface area (Å²) in [5, 5.41) is 3.73. The molecule has 1 aromatic heterocycles. The van der Waals surface area contributed by atoms with Crippen LogP contribution in [0.4, 0.5) is 0 Å². The van der Waals surface area contributed by atoms with E-state index in [1.807, 2.05) is 6.20 Å². The molecule has 1 aliphatic rings. The highest BCUT2D eigenvalue weighted by Crippen LogP contribution is 2.34. The minimum absolute atomic E-state index is 0.590. The van der Waals surface area contributed by atoms with Crippen molar-refractivity contribution in [3.8, 4) is 0 Å². The highest BCUT2D eigenvalue weighted by atomic mass is 15.1. The Morgan fingerprint density at radius 3 is 2.52 bits per heavy atom. The van der Waals surface area contributed by atoms with Gasteiger partial charge in [0.2, 0.25) is 0 Å². The number of nitrogens with one attached hydrogen (secondary N) is 1. The highest BCUT2D eigenvalue weighted by Gasteiger charge is 2.25. The largest absolute Gasteiger partial charge is 0.329 e. The molecule has 3 aromatic rings. The third-order valence-corrected chi connectivity index (χ3v) is 5.25. The Labute approximate surface area is 149 Å². The SMILES string of the molecule is c1ccc(Cn2ccnc2CN[C@@H]2CC[C@H](c3ccccc3)C2)cc1. The maximum absolute atomic E-state index is 4.55. The summed E-state index contributed by atoms with van der Waals surface area (Å²) in [5.74, 6) is 1.81. The predicted molar refractivity (Wildman–Crippen MR) is 101 cm³/mol. The molecule has 0 amide bonds. The molecule has 1 saturated carbocycles. The van der Waals surface area contributed by atoms with Crippen molar-refractivity contribution in [1.82, 2.24) is 14.9 Å². The molecule has 1 aliphatic carbocycles. The van der Waals surface area contributed by atoms with Crippen LogP contribution in [0.1, 0.15) is 42.1 Å². The zero-order chi connectivity index (χ0) is 16.9. The van der Waals surface area contributed by atoms with Crippen molar-refractivity contribution < 1.29 is 0 Å². The molecule has 1 fully saturated rings. The van der Waals surface area contributed by atoms with E-state index in [9.17, 15) is 0 Å². The fraction of sp³-hybridized carbons (Fsp3) is 0.318. The van der Waals surface area contributed by atoms with E-state index >= 15 is 0 Å². The predicted octanol–water partition coefficient (Wildman–Crippen LogP) is 4.36. The van der Waals surface area contributed by atoms with Gasteiger partial charge in [0.05, 0.1) is 6.54 Å². The van der Waals surface area contributed by atoms with Gasteiger partial charge in [-0.2, -0.15) is 0 Å². The molecule has 2 atom stereocenters. The average Bonchev–Trinajstić information content (AvgIpc) is 3.31. The van der Waals surface area contributed by atoms with E-state index in [1.54, 1.807) is 0 Å². The quantitative estimate of drug-likeness (QED) is 0.727. The monoisotopic (exact) mass is 331 g/mol. The minimum atomic E-state index is 0.590. The van der Waals surface area contributed by atoms with Crippen molar-refractivity contribution in [3.05, 3.63) is 90.0 Å². The van der Waals surface area contributed by atoms with Crippen LogP contribution < -0.4 is 5.32 Å². The fourth-order valence-corrected chi connectivity index (χ4v) is 3.86. The molecule has 0 bridgehead atoms. The van der Waals surface area contributed by atoms with Crippen molar-refractivity contribution in [2.45, 2.75) is 44.3 Å². The van der Waals surface area contributed by atoms with Crippen molar-refractivity contribution in [1.29, 1.82) is 0 Å². The van der Waals surface area contributed by atoms with Gasteiger partial charge in [-0.3, -0.25) is 0 Å². The first-order chi connectivity index (χ1) is 12.4. The molecule has 1 heterocycles. The summed E-state index contributed by atoms with van der Waals surface area (Å²) in [7, 11) is 0. The number of imidazole rings is 1. The van der Waals surface area contributed by atoms with Gasteiger partial charge in [0.25, 0.3) is 0 Å². The summed E-state index contributed by atoms with van der Waals surface area (Å²) >= 11 is 0. The van der Waals surface area contributed by atoms with Crippen LogP contribution in [0.2, 0.25) is 0 Å². The van der Waals surface area contributed by atoms with Crippen LogP contribution in [-0.4, -0.2) is 15.6 Å². The van der Waals surface area contributed by atoms with Crippen molar-refractivity contribution in [2.75, 3.05) is 0 Å². The summed E-state index contributed by atoms with van der Waals surface area (Å²) in [6.07, 6.45) is 7.73. The molecule has 0 aliphatic heterocycles. The smallest absolute Gasteiger partial charge is 0.122 e. The third-order valence-electron chi connectivity index (χ3n) is 5.25. The number of hydrogen-bond acceptors (Lipinski definition) is 2. The van der Waals surface area contributed by atoms with E-state index in [1.165, 1.54) is 30.4 Å². The van der Waals surface area contributed by atoms with Crippen LogP contribution in [0.15, 0.2) is 73.1 Å². The van der Waals surface area contributed by atoms with E-state index in [0.717, 1.165) is 18.9 Å². The number of hydrogen-bond donors (Lipinski definition) is 1. The summed E-state index contributed by atoms with van der Waals surface area (Å²) in [4.78, 5) is 4.55. The first-order valence-corrected chi connectivity index (χ1v) is 9.21. The molecule has 128 valence electrons. The first kappa shape index (κ1) is 16.1. The molecular formula is C22H25N3. The second kappa shape index (κ2) is 7.66. The molecule has 1 N–H and O–H groups in total. The Morgan fingerprint density at radius 1 is 0.960 bits per heavy atom. The Morgan fingerprint density at radius 2 is 1.72 bits per heavy atom. The first-order valence-electron chi connectivity index (χ1n) is 9.21. The molecule has 0 saturated heterocycles. The van der Waals surface area contributed by atoms with Gasteiger partial charge >= 0.3 is 0 Å². The van der Waals surface area contributed by atoms with Gasteiger partial charge in [0, 0.05) is 25.0 Å². The van der Waals surface area contributed by atoms with Crippen LogP contribution in [0.5, 0.6) is 0 Å². The molecule has 3 heteroatoms. The van der Waals surface area contributed by atoms with Crippen LogP contribution in [0.25, 0.3) is 0 Å². The number of benzene rings is 2. The van der Waals surface area contributed by atoms with Gasteiger partial charge in [0.15, 0.2) is 0 Å². The number of nitrogens with zero attached hydrogens (tertiary/aromatic N) is 2. The van der Waals surface area contributed by atoms with Gasteiger partial charge in [-0.05, 0) is 36.3 Å². The molecule has 0 spiro atoms. The fourth-order valence-electron chi connectivity index (χ4n) is 3.86. The van der Waals surface area contributed by atoms with E-state index < -0.39 is 0 Å². The Bertz CT molecular complexity index is 779. The van der Waals surface area contributed by atoms with Crippen molar-refractivity contribution in [2.24, 2.45) is 0 Å². The lowest BCUT2D eigenvalue weighted by atomic mass is 9.98. The Balaban J connectivity index is 1.33. The van der Waals surface area contributed by atoms with Gasteiger partial charge in [-0.25, -0.2) is 4.98 Å². The van der Waals surface area contributed by atoms with Crippen LogP contribution in [0.3, 0.4) is 0 Å². The van der Waals surface area contributed by atoms with Gasteiger partial charge in [0.1, 0.15) is 5.82 Å². The second-order valence-corrected chi connectivity index (χ2v) is 6.96. The minimum Gasteiger partial charge on any atom is -0.329 e. The lowest BCUT2D eigenvalue weighted by Crippen LogP contribution is -2.27. The summed E-state index contributed by atoms with van der Waals surface area (Å²) in [6.45, 7) is 1.72. The summed E-state index contributed by atoms with van der Waals surface area (Å²) < 4.78 is 2.24. The second-order valence-electron chi connectivity index (χ2n) is 6.96. The van der Waals surface area contributed by atoms with Gasteiger partial charge in [-0.1, -0.05) is 60.7 Å². The standard InChI is InChI=1S/C22H25N3/c1-3-7-18(8-4-1)17-25-14-13-23-22(25)16-24-21-12-11-20(15-21)19-9-5-2-6-10-19/h1-10,13-14,20-21,24H,11-12,15-17H2/t20-,21+/m0/s1. The average molecular weight is 331 g/mol. The van der Waals surface area contributed by atoms with Gasteiger partial charge in [-0.15, -0.1) is 0 Å². The zero-order valence-electron chi connectivity index (χ0n) is 14.5. The van der Waals surface area contributed by atoms with Crippen molar-refractivity contribution in [3.63, 3.8) is 0 Å². The zero-order valence-corrected chi connectivity index (χ0v) is 14.5. The molecule has 0 radical (unpaired) electrons. The number of rotatable bonds is 6. The maximum Gasteiger partial charge on any atom is 0.122 e. The topological polar surface area (TPSA) is 29.9 Å². The molecule has 25 heavy (non-hydrogen) atoms. The lowest BCUT2D eigenvalue weighted by Gasteiger charge is -2.14.